The van der Waals surface area contributed by atoms with Gasteiger partial charge < -0.3 is 15.6 Å². The number of hydrogen-bond acceptors (Lipinski definition) is 3. The van der Waals surface area contributed by atoms with E-state index in [-0.39, 0.29) is 11.8 Å². The lowest BCUT2D eigenvalue weighted by atomic mass is 9.88. The SMILES string of the molecule is Cn1c(CCc2ccc(CN)cc2)nc2cc(C(=O)NCCC(c3ccccc3)c3ccccc3)ccc21. The molecule has 38 heavy (non-hydrogen) atoms. The third kappa shape index (κ3) is 5.84. The van der Waals surface area contributed by atoms with Crippen LogP contribution in [0.2, 0.25) is 0 Å². The van der Waals surface area contributed by atoms with E-state index in [1.165, 1.54) is 16.7 Å². The van der Waals surface area contributed by atoms with E-state index in [1.54, 1.807) is 0 Å². The number of carbonyl (C=O) groups is 1. The number of imidazole rings is 1. The fourth-order valence-electron chi connectivity index (χ4n) is 5.04. The highest BCUT2D eigenvalue weighted by Crippen LogP contribution is 2.27. The first-order valence-corrected chi connectivity index (χ1v) is 13.2. The van der Waals surface area contributed by atoms with Gasteiger partial charge >= 0.3 is 0 Å². The van der Waals surface area contributed by atoms with Gasteiger partial charge in [0.15, 0.2) is 0 Å². The Morgan fingerprint density at radius 3 is 2.11 bits per heavy atom. The van der Waals surface area contributed by atoms with Gasteiger partial charge in [-0.3, -0.25) is 4.79 Å². The number of nitrogens with zero attached hydrogens (tertiary/aromatic N) is 2. The Bertz CT molecular complexity index is 1450. The molecule has 4 aromatic carbocycles. The molecule has 3 N–H and O–H groups in total. The Kier molecular flexibility index (Phi) is 7.95. The summed E-state index contributed by atoms with van der Waals surface area (Å²) < 4.78 is 2.12. The Morgan fingerprint density at radius 1 is 0.842 bits per heavy atom. The van der Waals surface area contributed by atoms with Crippen molar-refractivity contribution in [2.75, 3.05) is 6.54 Å². The fourth-order valence-corrected chi connectivity index (χ4v) is 5.04. The maximum atomic E-state index is 13.0. The first-order valence-electron chi connectivity index (χ1n) is 13.2. The number of fused-ring (bicyclic) bond motifs is 1. The number of benzene rings is 4. The molecule has 0 bridgehead atoms. The highest BCUT2D eigenvalue weighted by molar-refractivity contribution is 5.97. The largest absolute Gasteiger partial charge is 0.352 e. The van der Waals surface area contributed by atoms with Gasteiger partial charge in [-0.25, -0.2) is 4.98 Å². The van der Waals surface area contributed by atoms with Crippen molar-refractivity contribution < 1.29 is 4.79 Å². The van der Waals surface area contributed by atoms with Crippen molar-refractivity contribution in [3.05, 3.63) is 137 Å². The highest BCUT2D eigenvalue weighted by Gasteiger charge is 2.16. The minimum Gasteiger partial charge on any atom is -0.352 e. The van der Waals surface area contributed by atoms with E-state index in [1.807, 2.05) is 37.4 Å². The molecule has 5 nitrogen and oxygen atoms in total. The number of aryl methyl sites for hydroxylation is 3. The van der Waals surface area contributed by atoms with E-state index in [2.05, 4.69) is 82.7 Å². The monoisotopic (exact) mass is 502 g/mol. The average Bonchev–Trinajstić information content (AvgIpc) is 3.29. The fraction of sp³-hybridized carbons (Fsp3) is 0.212. The number of amides is 1. The van der Waals surface area contributed by atoms with Gasteiger partial charge in [0.1, 0.15) is 5.82 Å². The molecule has 0 aliphatic rings. The Hall–Kier alpha value is -4.22. The van der Waals surface area contributed by atoms with Crippen LogP contribution in [0.3, 0.4) is 0 Å². The Balaban J connectivity index is 1.24. The molecule has 5 heteroatoms. The summed E-state index contributed by atoms with van der Waals surface area (Å²) in [6.07, 6.45) is 2.55. The van der Waals surface area contributed by atoms with E-state index in [4.69, 9.17) is 10.7 Å². The van der Waals surface area contributed by atoms with Crippen molar-refractivity contribution in [3.8, 4) is 0 Å². The highest BCUT2D eigenvalue weighted by atomic mass is 16.1. The number of hydrogen-bond donors (Lipinski definition) is 2. The van der Waals surface area contributed by atoms with Crippen LogP contribution >= 0.6 is 0 Å². The normalized spacial score (nSPS) is 11.2. The first kappa shape index (κ1) is 25.4. The van der Waals surface area contributed by atoms with Crippen LogP contribution in [0.15, 0.2) is 103 Å². The Labute approximate surface area is 224 Å². The van der Waals surface area contributed by atoms with Gasteiger partial charge in [0.2, 0.25) is 0 Å². The zero-order valence-corrected chi connectivity index (χ0v) is 21.8. The van der Waals surface area contributed by atoms with Crippen LogP contribution in [0.5, 0.6) is 0 Å². The number of aromatic nitrogens is 2. The molecule has 0 atom stereocenters. The maximum Gasteiger partial charge on any atom is 0.251 e. The van der Waals surface area contributed by atoms with Crippen LogP contribution in [-0.4, -0.2) is 22.0 Å². The van der Waals surface area contributed by atoms with E-state index >= 15 is 0 Å². The topological polar surface area (TPSA) is 72.9 Å². The van der Waals surface area contributed by atoms with E-state index in [9.17, 15) is 4.79 Å². The van der Waals surface area contributed by atoms with Crippen molar-refractivity contribution in [2.24, 2.45) is 12.8 Å². The summed E-state index contributed by atoms with van der Waals surface area (Å²) in [4.78, 5) is 17.9. The van der Waals surface area contributed by atoms with Gasteiger partial charge in [0.05, 0.1) is 11.0 Å². The van der Waals surface area contributed by atoms with Gasteiger partial charge in [0.25, 0.3) is 5.91 Å². The molecule has 0 unspecified atom stereocenters. The van der Waals surface area contributed by atoms with Crippen molar-refractivity contribution in [2.45, 2.75) is 31.7 Å². The second-order valence-electron chi connectivity index (χ2n) is 9.73. The molecule has 1 heterocycles. The lowest BCUT2D eigenvalue weighted by Gasteiger charge is -2.18. The van der Waals surface area contributed by atoms with Gasteiger partial charge in [-0.2, -0.15) is 0 Å². The van der Waals surface area contributed by atoms with Crippen LogP contribution in [0, 0.1) is 0 Å². The molecule has 192 valence electrons. The average molecular weight is 503 g/mol. The summed E-state index contributed by atoms with van der Waals surface area (Å²) >= 11 is 0. The summed E-state index contributed by atoms with van der Waals surface area (Å²) in [6.45, 7) is 1.14. The summed E-state index contributed by atoms with van der Waals surface area (Å²) in [5, 5.41) is 3.13. The molecule has 0 aliphatic carbocycles. The number of nitrogens with two attached hydrogens (primary N) is 1. The van der Waals surface area contributed by atoms with E-state index in [0.29, 0.717) is 18.7 Å². The zero-order chi connectivity index (χ0) is 26.3. The van der Waals surface area contributed by atoms with Crippen molar-refractivity contribution >= 4 is 16.9 Å². The van der Waals surface area contributed by atoms with E-state index < -0.39 is 0 Å². The van der Waals surface area contributed by atoms with Gasteiger partial charge in [-0.05, 0) is 53.3 Å². The molecule has 0 spiro atoms. The summed E-state index contributed by atoms with van der Waals surface area (Å²) in [5.74, 6) is 1.16. The van der Waals surface area contributed by atoms with Crippen LogP contribution in [-0.2, 0) is 26.4 Å². The van der Waals surface area contributed by atoms with Crippen molar-refractivity contribution in [1.82, 2.24) is 14.9 Å². The quantitative estimate of drug-likeness (QED) is 0.255. The maximum absolute atomic E-state index is 13.0. The minimum absolute atomic E-state index is 0.0704. The molecule has 0 aliphatic heterocycles. The van der Waals surface area contributed by atoms with Gasteiger partial charge in [-0.1, -0.05) is 84.9 Å². The summed E-state index contributed by atoms with van der Waals surface area (Å²) in [7, 11) is 2.04. The first-order chi connectivity index (χ1) is 18.6. The van der Waals surface area contributed by atoms with Crippen molar-refractivity contribution in [3.63, 3.8) is 0 Å². The van der Waals surface area contributed by atoms with Crippen molar-refractivity contribution in [1.29, 1.82) is 0 Å². The molecule has 0 fully saturated rings. The standard InChI is InChI=1S/C33H34N4O/c1-37-31-18-17-28(22-30(31)36-32(37)19-16-24-12-14-25(23-34)15-13-24)33(38)35-21-20-29(26-8-4-2-5-9-26)27-10-6-3-7-11-27/h2-15,17-18,22,29H,16,19-21,23,34H2,1H3,(H,35,38). The second kappa shape index (κ2) is 11.9. The van der Waals surface area contributed by atoms with Crippen LogP contribution in [0.1, 0.15) is 50.8 Å². The predicted molar refractivity (Wildman–Crippen MR) is 154 cm³/mol. The third-order valence-corrected chi connectivity index (χ3v) is 7.25. The van der Waals surface area contributed by atoms with Gasteiger partial charge in [-0.15, -0.1) is 0 Å². The molecule has 0 saturated carbocycles. The lowest BCUT2D eigenvalue weighted by Crippen LogP contribution is -2.25. The smallest absolute Gasteiger partial charge is 0.251 e. The third-order valence-electron chi connectivity index (χ3n) is 7.25. The lowest BCUT2D eigenvalue weighted by molar-refractivity contribution is 0.0953. The minimum atomic E-state index is -0.0704. The molecule has 1 aromatic heterocycles. The molecule has 5 aromatic rings. The number of nitrogens with one attached hydrogen (secondary N) is 1. The molecular weight excluding hydrogens is 468 g/mol. The molecule has 0 saturated heterocycles. The van der Waals surface area contributed by atoms with E-state index in [0.717, 1.165) is 41.7 Å². The molecular formula is C33H34N4O. The summed E-state index contributed by atoms with van der Waals surface area (Å²) in [5.41, 5.74) is 13.1. The van der Waals surface area contributed by atoms with Crippen LogP contribution in [0.4, 0.5) is 0 Å². The van der Waals surface area contributed by atoms with Crippen LogP contribution in [0.25, 0.3) is 11.0 Å². The zero-order valence-electron chi connectivity index (χ0n) is 21.8. The Morgan fingerprint density at radius 2 is 1.47 bits per heavy atom. The summed E-state index contributed by atoms with van der Waals surface area (Å²) in [6, 6.07) is 35.2. The molecule has 0 radical (unpaired) electrons. The molecule has 5 rings (SSSR count). The number of rotatable bonds is 10. The number of carbonyl (C=O) groups excluding carboxylic acids is 1. The second-order valence-corrected chi connectivity index (χ2v) is 9.73. The predicted octanol–water partition coefficient (Wildman–Crippen LogP) is 5.77. The van der Waals surface area contributed by atoms with Crippen LogP contribution < -0.4 is 11.1 Å². The molecule has 1 amide bonds. The van der Waals surface area contributed by atoms with Gasteiger partial charge in [0, 0.05) is 38.0 Å².